The van der Waals surface area contributed by atoms with Crippen molar-refractivity contribution in [2.24, 2.45) is 4.99 Å². The third kappa shape index (κ3) is 5.25. The third-order valence-electron chi connectivity index (χ3n) is 4.88. The molecule has 0 fully saturated rings. The van der Waals surface area contributed by atoms with Crippen molar-refractivity contribution in [3.63, 3.8) is 0 Å². The van der Waals surface area contributed by atoms with E-state index in [4.69, 9.17) is 21.3 Å². The molecule has 0 radical (unpaired) electrons. The molecule has 0 atom stereocenters. The Morgan fingerprint density at radius 1 is 1.12 bits per heavy atom. The lowest BCUT2D eigenvalue weighted by molar-refractivity contribution is 0.102. The summed E-state index contributed by atoms with van der Waals surface area (Å²) in [5.41, 5.74) is 3.09. The van der Waals surface area contributed by atoms with Gasteiger partial charge in [-0.05, 0) is 42.5 Å². The number of benzene rings is 3. The molecule has 4 aromatic rings. The molecule has 0 spiro atoms. The summed E-state index contributed by atoms with van der Waals surface area (Å²) >= 11 is 7.56. The molecule has 1 heterocycles. The fourth-order valence-electron chi connectivity index (χ4n) is 3.34. The molecule has 4 rings (SSSR count). The molecule has 0 bridgehead atoms. The zero-order valence-corrected chi connectivity index (χ0v) is 19.6. The smallest absolute Gasteiger partial charge is 0.256 e. The third-order valence-corrected chi connectivity index (χ3v) is 6.11. The molecule has 0 aliphatic carbocycles. The summed E-state index contributed by atoms with van der Waals surface area (Å²) < 4.78 is 7.23. The van der Waals surface area contributed by atoms with Crippen LogP contribution in [-0.2, 0) is 6.54 Å². The van der Waals surface area contributed by atoms with Crippen molar-refractivity contribution in [2.75, 3.05) is 12.4 Å². The van der Waals surface area contributed by atoms with Crippen LogP contribution in [0.25, 0.3) is 11.3 Å². The highest BCUT2D eigenvalue weighted by atomic mass is 35.5. The molecule has 0 aliphatic heterocycles. The number of hydrogen-bond acceptors (Lipinski definition) is 4. The Morgan fingerprint density at radius 2 is 1.88 bits per heavy atom. The predicted molar refractivity (Wildman–Crippen MR) is 136 cm³/mol. The molecule has 166 valence electrons. The summed E-state index contributed by atoms with van der Waals surface area (Å²) in [6, 6.07) is 24.3. The highest BCUT2D eigenvalue weighted by molar-refractivity contribution is 7.14. The van der Waals surface area contributed by atoms with Crippen molar-refractivity contribution >= 4 is 39.5 Å². The fourth-order valence-corrected chi connectivity index (χ4v) is 4.60. The van der Waals surface area contributed by atoms with Crippen LogP contribution < -0.4 is 14.9 Å². The van der Waals surface area contributed by atoms with Crippen molar-refractivity contribution < 1.29 is 9.53 Å². The number of rotatable bonds is 7. The number of carbonyl (C=O) groups is 1. The lowest BCUT2D eigenvalue weighted by Crippen LogP contribution is -2.15. The first-order valence-electron chi connectivity index (χ1n) is 10.2. The van der Waals surface area contributed by atoms with Gasteiger partial charge < -0.3 is 14.6 Å². The molecular formula is C26H22ClN3O2S. The van der Waals surface area contributed by atoms with Crippen molar-refractivity contribution in [1.82, 2.24) is 4.57 Å². The molecule has 0 saturated heterocycles. The van der Waals surface area contributed by atoms with Crippen LogP contribution in [0.4, 0.5) is 10.7 Å². The number of halogens is 1. The largest absolute Gasteiger partial charge is 0.497 e. The fraction of sp³-hybridized carbons (Fsp3) is 0.0769. The minimum absolute atomic E-state index is 0.212. The second-order valence-corrected chi connectivity index (χ2v) is 8.52. The van der Waals surface area contributed by atoms with Crippen LogP contribution in [0.2, 0.25) is 5.02 Å². The first-order chi connectivity index (χ1) is 16.1. The molecule has 33 heavy (non-hydrogen) atoms. The Labute approximate surface area is 201 Å². The van der Waals surface area contributed by atoms with E-state index >= 15 is 0 Å². The lowest BCUT2D eigenvalue weighted by atomic mass is 10.1. The van der Waals surface area contributed by atoms with Crippen molar-refractivity contribution in [2.45, 2.75) is 6.54 Å². The number of ether oxygens (including phenoxy) is 1. The van der Waals surface area contributed by atoms with Gasteiger partial charge in [-0.3, -0.25) is 4.79 Å². The summed E-state index contributed by atoms with van der Waals surface area (Å²) in [4.78, 5) is 18.6. The number of anilines is 1. The van der Waals surface area contributed by atoms with E-state index < -0.39 is 0 Å². The molecule has 7 heteroatoms. The van der Waals surface area contributed by atoms with E-state index in [-0.39, 0.29) is 5.91 Å². The SMILES string of the molecule is C=CCn1c(-c2ccccc2)c(NC(=O)c2ccc(OC)cc2)sc1=Nc1cccc(Cl)c1. The molecule has 1 N–H and O–H groups in total. The molecule has 1 aromatic heterocycles. The number of hydrogen-bond donors (Lipinski definition) is 1. The molecule has 1 amide bonds. The summed E-state index contributed by atoms with van der Waals surface area (Å²) in [7, 11) is 1.59. The van der Waals surface area contributed by atoms with Crippen molar-refractivity contribution in [1.29, 1.82) is 0 Å². The van der Waals surface area contributed by atoms with Crippen LogP contribution in [0.15, 0.2) is 96.5 Å². The summed E-state index contributed by atoms with van der Waals surface area (Å²) in [5, 5.41) is 4.39. The number of allylic oxidation sites excluding steroid dienone is 1. The van der Waals surface area contributed by atoms with E-state index in [1.54, 1.807) is 37.4 Å². The lowest BCUT2D eigenvalue weighted by Gasteiger charge is -2.10. The van der Waals surface area contributed by atoms with Gasteiger partial charge in [0, 0.05) is 22.7 Å². The van der Waals surface area contributed by atoms with E-state index in [9.17, 15) is 4.79 Å². The summed E-state index contributed by atoms with van der Waals surface area (Å²) in [6.45, 7) is 4.44. The monoisotopic (exact) mass is 475 g/mol. The standard InChI is InChI=1S/C26H22ClN3O2S/c1-3-16-30-23(18-8-5-4-6-9-18)25(29-24(31)19-12-14-22(32-2)15-13-19)33-26(30)28-21-11-7-10-20(27)17-21/h3-15,17H,1,16H2,2H3,(H,29,31). The molecule has 5 nitrogen and oxygen atoms in total. The van der Waals surface area contributed by atoms with Crippen molar-refractivity contribution in [3.8, 4) is 17.0 Å². The Morgan fingerprint density at radius 3 is 2.55 bits per heavy atom. The Kier molecular flexibility index (Phi) is 7.07. The molecule has 0 aliphatic rings. The average molecular weight is 476 g/mol. The minimum Gasteiger partial charge on any atom is -0.497 e. The zero-order valence-electron chi connectivity index (χ0n) is 18.0. The normalized spacial score (nSPS) is 11.3. The van der Waals surface area contributed by atoms with Gasteiger partial charge in [0.1, 0.15) is 10.8 Å². The number of carbonyl (C=O) groups excluding carboxylic acids is 1. The van der Waals surface area contributed by atoms with Gasteiger partial charge in [-0.1, -0.05) is 65.4 Å². The van der Waals surface area contributed by atoms with Gasteiger partial charge in [-0.2, -0.15) is 0 Å². The Hall–Kier alpha value is -3.61. The van der Waals surface area contributed by atoms with Crippen LogP contribution in [-0.4, -0.2) is 17.6 Å². The molecule has 0 unspecified atom stereocenters. The Bertz CT molecular complexity index is 1340. The molecule has 3 aromatic carbocycles. The van der Waals surface area contributed by atoms with Crippen LogP contribution >= 0.6 is 22.9 Å². The maximum Gasteiger partial charge on any atom is 0.256 e. The van der Waals surface area contributed by atoms with Gasteiger partial charge in [-0.25, -0.2) is 4.99 Å². The van der Waals surface area contributed by atoms with Crippen LogP contribution in [0, 0.1) is 0 Å². The number of methoxy groups -OCH3 is 1. The number of nitrogens with zero attached hydrogens (tertiary/aromatic N) is 2. The van der Waals surface area contributed by atoms with Crippen LogP contribution in [0.5, 0.6) is 5.75 Å². The van der Waals surface area contributed by atoms with Gasteiger partial charge in [-0.15, -0.1) is 6.58 Å². The molecular weight excluding hydrogens is 454 g/mol. The highest BCUT2D eigenvalue weighted by Gasteiger charge is 2.18. The first kappa shape index (κ1) is 22.6. The van der Waals surface area contributed by atoms with E-state index in [2.05, 4.69) is 11.9 Å². The van der Waals surface area contributed by atoms with Gasteiger partial charge in [0.25, 0.3) is 5.91 Å². The van der Waals surface area contributed by atoms with E-state index in [0.717, 1.165) is 21.7 Å². The first-order valence-corrected chi connectivity index (χ1v) is 11.4. The van der Waals surface area contributed by atoms with Gasteiger partial charge in [0.05, 0.1) is 18.5 Å². The summed E-state index contributed by atoms with van der Waals surface area (Å²) in [6.07, 6.45) is 1.81. The number of aromatic nitrogens is 1. The quantitative estimate of drug-likeness (QED) is 0.308. The minimum atomic E-state index is -0.212. The van der Waals surface area contributed by atoms with E-state index in [1.807, 2.05) is 59.2 Å². The van der Waals surface area contributed by atoms with Gasteiger partial charge in [0.15, 0.2) is 4.80 Å². The van der Waals surface area contributed by atoms with Crippen LogP contribution in [0.1, 0.15) is 10.4 Å². The number of nitrogens with one attached hydrogen (secondary N) is 1. The number of amides is 1. The average Bonchev–Trinajstić information content (AvgIpc) is 3.16. The second-order valence-electron chi connectivity index (χ2n) is 7.10. The predicted octanol–water partition coefficient (Wildman–Crippen LogP) is 6.55. The Balaban J connectivity index is 1.84. The van der Waals surface area contributed by atoms with Crippen LogP contribution in [0.3, 0.4) is 0 Å². The van der Waals surface area contributed by atoms with E-state index in [1.165, 1.54) is 11.3 Å². The maximum absolute atomic E-state index is 13.1. The number of thiazole rings is 1. The summed E-state index contributed by atoms with van der Waals surface area (Å²) in [5.74, 6) is 0.482. The zero-order chi connectivity index (χ0) is 23.2. The topological polar surface area (TPSA) is 55.6 Å². The van der Waals surface area contributed by atoms with Gasteiger partial charge in [0.2, 0.25) is 0 Å². The molecule has 0 saturated carbocycles. The van der Waals surface area contributed by atoms with Gasteiger partial charge >= 0.3 is 0 Å². The van der Waals surface area contributed by atoms with E-state index in [0.29, 0.717) is 27.9 Å². The second kappa shape index (κ2) is 10.3. The van der Waals surface area contributed by atoms with Crippen molar-refractivity contribution in [3.05, 3.63) is 107 Å². The highest BCUT2D eigenvalue weighted by Crippen LogP contribution is 2.32. The maximum atomic E-state index is 13.1.